The molecule has 0 fully saturated rings. The summed E-state index contributed by atoms with van der Waals surface area (Å²) in [4.78, 5) is 11.7. The maximum absolute atomic E-state index is 11.7. The summed E-state index contributed by atoms with van der Waals surface area (Å²) in [6.45, 7) is 4.15. The second kappa shape index (κ2) is 6.85. The Labute approximate surface area is 105 Å². The number of nitrogens with two attached hydrogens (primary N) is 1. The average molecular weight is 252 g/mol. The Morgan fingerprint density at radius 3 is 3.06 bits per heavy atom. The van der Waals surface area contributed by atoms with Crippen LogP contribution in [0.25, 0.3) is 0 Å². The van der Waals surface area contributed by atoms with Crippen molar-refractivity contribution in [2.24, 2.45) is 0 Å². The number of rotatable bonds is 6. The van der Waals surface area contributed by atoms with Crippen molar-refractivity contribution >= 4 is 23.4 Å². The summed E-state index contributed by atoms with van der Waals surface area (Å²) < 4.78 is 0. The van der Waals surface area contributed by atoms with Crippen LogP contribution < -0.4 is 11.1 Å². The number of para-hydroxylation sites is 1. The minimum atomic E-state index is -0.311. The molecule has 4 N–H and O–H groups in total. The van der Waals surface area contributed by atoms with Gasteiger partial charge in [-0.2, -0.15) is 11.8 Å². The summed E-state index contributed by atoms with van der Waals surface area (Å²) in [5.74, 6) is 1.19. The number of nitrogen functional groups attached to an aromatic ring is 1. The first-order chi connectivity index (χ1) is 8.16. The van der Waals surface area contributed by atoms with Crippen molar-refractivity contribution in [3.8, 4) is 5.75 Å². The molecule has 1 rings (SSSR count). The van der Waals surface area contributed by atoms with Gasteiger partial charge in [0.2, 0.25) is 0 Å². The molecule has 0 saturated carbocycles. The summed E-state index contributed by atoms with van der Waals surface area (Å²) in [6.07, 6.45) is 1.82. The molecule has 0 bridgehead atoms. The molecule has 1 aromatic rings. The molecule has 1 aromatic carbocycles. The van der Waals surface area contributed by atoms with Crippen molar-refractivity contribution in [3.05, 3.63) is 36.4 Å². The Morgan fingerprint density at radius 2 is 2.35 bits per heavy atom. The molecule has 0 saturated heterocycles. The summed E-state index contributed by atoms with van der Waals surface area (Å²) in [5.41, 5.74) is 5.92. The maximum atomic E-state index is 11.7. The molecule has 1 amide bonds. The monoisotopic (exact) mass is 252 g/mol. The lowest BCUT2D eigenvalue weighted by Crippen LogP contribution is -2.26. The fourth-order valence-corrected chi connectivity index (χ4v) is 1.82. The fraction of sp³-hybridized carbons (Fsp3) is 0.250. The van der Waals surface area contributed by atoms with E-state index in [0.717, 1.165) is 11.5 Å². The van der Waals surface area contributed by atoms with E-state index in [0.29, 0.717) is 6.54 Å². The second-order valence-electron chi connectivity index (χ2n) is 3.36. The van der Waals surface area contributed by atoms with Crippen LogP contribution in [-0.2, 0) is 0 Å². The third-order valence-electron chi connectivity index (χ3n) is 2.08. The SMILES string of the molecule is C=CCSCCNC(=O)c1cccc(N)c1O. The van der Waals surface area contributed by atoms with Gasteiger partial charge in [-0.05, 0) is 12.1 Å². The zero-order valence-electron chi connectivity index (χ0n) is 9.48. The number of nitrogens with one attached hydrogen (secondary N) is 1. The molecule has 5 heteroatoms. The second-order valence-corrected chi connectivity index (χ2v) is 4.51. The van der Waals surface area contributed by atoms with Crippen LogP contribution in [0.4, 0.5) is 5.69 Å². The summed E-state index contributed by atoms with van der Waals surface area (Å²) in [5, 5.41) is 12.3. The van der Waals surface area contributed by atoms with Gasteiger partial charge in [-0.1, -0.05) is 12.1 Å². The van der Waals surface area contributed by atoms with Gasteiger partial charge in [0.1, 0.15) is 0 Å². The molecule has 92 valence electrons. The van der Waals surface area contributed by atoms with Crippen molar-refractivity contribution in [2.75, 3.05) is 23.8 Å². The molecular formula is C12H16N2O2S. The number of aromatic hydroxyl groups is 1. The van der Waals surface area contributed by atoms with Gasteiger partial charge >= 0.3 is 0 Å². The van der Waals surface area contributed by atoms with Crippen molar-refractivity contribution in [1.29, 1.82) is 0 Å². The third kappa shape index (κ3) is 4.03. The van der Waals surface area contributed by atoms with Gasteiger partial charge in [-0.15, -0.1) is 6.58 Å². The van der Waals surface area contributed by atoms with Gasteiger partial charge in [0.05, 0.1) is 11.3 Å². The minimum Gasteiger partial charge on any atom is -0.505 e. The Kier molecular flexibility index (Phi) is 5.42. The molecule has 0 aromatic heterocycles. The van der Waals surface area contributed by atoms with Gasteiger partial charge in [0, 0.05) is 18.1 Å². The van der Waals surface area contributed by atoms with Gasteiger partial charge < -0.3 is 16.2 Å². The number of amides is 1. The van der Waals surface area contributed by atoms with Gasteiger partial charge in [-0.3, -0.25) is 4.79 Å². The van der Waals surface area contributed by atoms with Crippen LogP contribution in [0.1, 0.15) is 10.4 Å². The Hall–Kier alpha value is -1.62. The quantitative estimate of drug-likeness (QED) is 0.311. The molecule has 0 aliphatic heterocycles. The lowest BCUT2D eigenvalue weighted by molar-refractivity contribution is 0.0953. The van der Waals surface area contributed by atoms with E-state index < -0.39 is 0 Å². The highest BCUT2D eigenvalue weighted by Crippen LogP contribution is 2.23. The molecular weight excluding hydrogens is 236 g/mol. The first kappa shape index (κ1) is 13.4. The Balaban J connectivity index is 2.47. The van der Waals surface area contributed by atoms with Crippen molar-refractivity contribution in [3.63, 3.8) is 0 Å². The smallest absolute Gasteiger partial charge is 0.255 e. The zero-order valence-corrected chi connectivity index (χ0v) is 10.3. The van der Waals surface area contributed by atoms with E-state index in [1.54, 1.807) is 23.9 Å². The summed E-state index contributed by atoms with van der Waals surface area (Å²) in [7, 11) is 0. The molecule has 0 heterocycles. The molecule has 0 atom stereocenters. The highest BCUT2D eigenvalue weighted by Gasteiger charge is 2.11. The number of benzene rings is 1. The predicted molar refractivity (Wildman–Crippen MR) is 72.4 cm³/mol. The number of phenolic OH excluding ortho intramolecular Hbond substituents is 1. The molecule has 0 spiro atoms. The Bertz CT molecular complexity index is 407. The maximum Gasteiger partial charge on any atom is 0.255 e. The average Bonchev–Trinajstić information content (AvgIpc) is 2.32. The highest BCUT2D eigenvalue weighted by molar-refractivity contribution is 7.99. The number of hydrogen-bond acceptors (Lipinski definition) is 4. The van der Waals surface area contributed by atoms with E-state index >= 15 is 0 Å². The molecule has 0 aliphatic rings. The number of thioether (sulfide) groups is 1. The van der Waals surface area contributed by atoms with Crippen LogP contribution >= 0.6 is 11.8 Å². The lowest BCUT2D eigenvalue weighted by atomic mass is 10.1. The van der Waals surface area contributed by atoms with Crippen molar-refractivity contribution in [2.45, 2.75) is 0 Å². The molecule has 0 unspecified atom stereocenters. The van der Waals surface area contributed by atoms with E-state index in [4.69, 9.17) is 5.73 Å². The molecule has 4 nitrogen and oxygen atoms in total. The summed E-state index contributed by atoms with van der Waals surface area (Å²) in [6, 6.07) is 4.72. The van der Waals surface area contributed by atoms with E-state index in [-0.39, 0.29) is 22.9 Å². The normalized spacial score (nSPS) is 9.88. The van der Waals surface area contributed by atoms with Crippen molar-refractivity contribution < 1.29 is 9.90 Å². The number of anilines is 1. The summed E-state index contributed by atoms with van der Waals surface area (Å²) >= 11 is 1.68. The van der Waals surface area contributed by atoms with Gasteiger partial charge in [0.25, 0.3) is 5.91 Å². The van der Waals surface area contributed by atoms with Gasteiger partial charge in [0.15, 0.2) is 5.75 Å². The first-order valence-corrected chi connectivity index (χ1v) is 6.36. The number of carbonyl (C=O) groups is 1. The largest absolute Gasteiger partial charge is 0.505 e. The van der Waals surface area contributed by atoms with Gasteiger partial charge in [-0.25, -0.2) is 0 Å². The van der Waals surface area contributed by atoms with Crippen LogP contribution in [0.15, 0.2) is 30.9 Å². The van der Waals surface area contributed by atoms with E-state index in [1.807, 2.05) is 6.08 Å². The van der Waals surface area contributed by atoms with Crippen LogP contribution in [0, 0.1) is 0 Å². The lowest BCUT2D eigenvalue weighted by Gasteiger charge is -2.07. The predicted octanol–water partition coefficient (Wildman–Crippen LogP) is 1.62. The Morgan fingerprint density at radius 1 is 1.59 bits per heavy atom. The van der Waals surface area contributed by atoms with Crippen LogP contribution in [0.3, 0.4) is 0 Å². The fourth-order valence-electron chi connectivity index (χ4n) is 1.24. The standard InChI is InChI=1S/C12H16N2O2S/c1-2-7-17-8-6-14-12(16)9-4-3-5-10(13)11(9)15/h2-5,15H,1,6-8,13H2,(H,14,16). The number of phenols is 1. The van der Waals surface area contributed by atoms with Crippen molar-refractivity contribution in [1.82, 2.24) is 5.32 Å². The minimum absolute atomic E-state index is 0.163. The van der Waals surface area contributed by atoms with E-state index in [9.17, 15) is 9.90 Å². The van der Waals surface area contributed by atoms with Crippen LogP contribution in [0.5, 0.6) is 5.75 Å². The zero-order chi connectivity index (χ0) is 12.7. The molecule has 0 aliphatic carbocycles. The van der Waals surface area contributed by atoms with Crippen LogP contribution in [-0.4, -0.2) is 29.1 Å². The number of carbonyl (C=O) groups excluding carboxylic acids is 1. The molecule has 0 radical (unpaired) electrons. The highest BCUT2D eigenvalue weighted by atomic mass is 32.2. The number of hydrogen-bond donors (Lipinski definition) is 3. The van der Waals surface area contributed by atoms with Crippen LogP contribution in [0.2, 0.25) is 0 Å². The topological polar surface area (TPSA) is 75.4 Å². The van der Waals surface area contributed by atoms with E-state index in [1.165, 1.54) is 6.07 Å². The van der Waals surface area contributed by atoms with E-state index in [2.05, 4.69) is 11.9 Å². The molecule has 17 heavy (non-hydrogen) atoms. The third-order valence-corrected chi connectivity index (χ3v) is 3.04. The first-order valence-electron chi connectivity index (χ1n) is 5.21.